The lowest BCUT2D eigenvalue weighted by atomic mass is 10.2. The Bertz CT molecular complexity index is 658. The van der Waals surface area contributed by atoms with Gasteiger partial charge in [-0.2, -0.15) is 0 Å². The van der Waals surface area contributed by atoms with Crippen LogP contribution in [0.15, 0.2) is 42.6 Å². The summed E-state index contributed by atoms with van der Waals surface area (Å²) in [6.07, 6.45) is 1.35. The fraction of sp³-hybridized carbons (Fsp3) is 0.0714. The molecule has 0 fully saturated rings. The number of carbonyl (C=O) groups excluding carboxylic acids is 2. The van der Waals surface area contributed by atoms with Crippen molar-refractivity contribution in [2.24, 2.45) is 0 Å². The number of hydrogen-bond acceptors (Lipinski definition) is 4. The number of nitrogens with zero attached hydrogens (tertiary/aromatic N) is 1. The maximum absolute atomic E-state index is 13.4. The van der Waals surface area contributed by atoms with E-state index in [4.69, 9.17) is 0 Å². The molecule has 0 aliphatic rings. The van der Waals surface area contributed by atoms with Crippen LogP contribution in [-0.2, 0) is 4.74 Å². The number of nitrogens with one attached hydrogen (secondary N) is 1. The van der Waals surface area contributed by atoms with Gasteiger partial charge in [0.1, 0.15) is 11.6 Å². The maximum atomic E-state index is 13.4. The van der Waals surface area contributed by atoms with Crippen molar-refractivity contribution in [2.75, 3.05) is 12.4 Å². The molecule has 0 aliphatic heterocycles. The van der Waals surface area contributed by atoms with Crippen LogP contribution in [-0.4, -0.2) is 24.0 Å². The van der Waals surface area contributed by atoms with Gasteiger partial charge in [-0.25, -0.2) is 14.2 Å². The first-order valence-electron chi connectivity index (χ1n) is 5.72. The highest BCUT2D eigenvalue weighted by molar-refractivity contribution is 6.04. The predicted molar refractivity (Wildman–Crippen MR) is 69.9 cm³/mol. The smallest absolute Gasteiger partial charge is 0.338 e. The standard InChI is InChI=1S/C14H11FN2O3/c1-20-14(19)9-6-7-16-12(8-9)17-13(18)10-4-2-3-5-11(10)15/h2-8H,1H3,(H,16,17,18). The molecule has 2 aromatic rings. The van der Waals surface area contributed by atoms with Crippen LogP contribution in [0.4, 0.5) is 10.2 Å². The van der Waals surface area contributed by atoms with Crippen LogP contribution < -0.4 is 5.32 Å². The van der Waals surface area contributed by atoms with Crippen LogP contribution in [0.1, 0.15) is 20.7 Å². The SMILES string of the molecule is COC(=O)c1ccnc(NC(=O)c2ccccc2F)c1. The number of methoxy groups -OCH3 is 1. The number of carbonyl (C=O) groups is 2. The number of halogens is 1. The molecule has 0 unspecified atom stereocenters. The number of anilines is 1. The molecule has 5 nitrogen and oxygen atoms in total. The zero-order valence-corrected chi connectivity index (χ0v) is 10.6. The molecule has 0 bridgehead atoms. The van der Waals surface area contributed by atoms with Gasteiger partial charge < -0.3 is 10.1 Å². The van der Waals surface area contributed by atoms with Crippen molar-refractivity contribution in [3.8, 4) is 0 Å². The molecular weight excluding hydrogens is 263 g/mol. The fourth-order valence-corrected chi connectivity index (χ4v) is 1.57. The highest BCUT2D eigenvalue weighted by atomic mass is 19.1. The molecule has 2 rings (SSSR count). The van der Waals surface area contributed by atoms with Crippen molar-refractivity contribution < 1.29 is 18.7 Å². The van der Waals surface area contributed by atoms with E-state index in [0.717, 1.165) is 0 Å². The van der Waals surface area contributed by atoms with Gasteiger partial charge in [-0.3, -0.25) is 4.79 Å². The fourth-order valence-electron chi connectivity index (χ4n) is 1.57. The molecule has 1 N–H and O–H groups in total. The zero-order chi connectivity index (χ0) is 14.5. The zero-order valence-electron chi connectivity index (χ0n) is 10.6. The Morgan fingerprint density at radius 3 is 2.70 bits per heavy atom. The van der Waals surface area contributed by atoms with Crippen molar-refractivity contribution in [3.05, 3.63) is 59.5 Å². The minimum Gasteiger partial charge on any atom is -0.465 e. The molecular formula is C14H11FN2O3. The van der Waals surface area contributed by atoms with Gasteiger partial charge in [-0.05, 0) is 24.3 Å². The Labute approximate surface area is 114 Å². The number of rotatable bonds is 3. The first kappa shape index (κ1) is 13.7. The molecule has 1 aromatic heterocycles. The second-order valence-corrected chi connectivity index (χ2v) is 3.86. The van der Waals surface area contributed by atoms with E-state index in [-0.39, 0.29) is 16.9 Å². The molecule has 0 saturated carbocycles. The quantitative estimate of drug-likeness (QED) is 0.872. The monoisotopic (exact) mass is 274 g/mol. The van der Waals surface area contributed by atoms with Crippen LogP contribution in [0.25, 0.3) is 0 Å². The largest absolute Gasteiger partial charge is 0.465 e. The lowest BCUT2D eigenvalue weighted by Crippen LogP contribution is -2.15. The second-order valence-electron chi connectivity index (χ2n) is 3.86. The molecule has 6 heteroatoms. The summed E-state index contributed by atoms with van der Waals surface area (Å²) in [6, 6.07) is 8.38. The lowest BCUT2D eigenvalue weighted by Gasteiger charge is -2.06. The van der Waals surface area contributed by atoms with Crippen LogP contribution in [0.3, 0.4) is 0 Å². The molecule has 1 aromatic carbocycles. The van der Waals surface area contributed by atoms with Gasteiger partial charge in [0.2, 0.25) is 0 Å². The first-order chi connectivity index (χ1) is 9.61. The topological polar surface area (TPSA) is 68.3 Å². The van der Waals surface area contributed by atoms with Crippen molar-refractivity contribution in [3.63, 3.8) is 0 Å². The van der Waals surface area contributed by atoms with E-state index in [0.29, 0.717) is 0 Å². The summed E-state index contributed by atoms with van der Waals surface area (Å²) < 4.78 is 18.0. The third-order valence-electron chi connectivity index (χ3n) is 2.54. The number of esters is 1. The normalized spacial score (nSPS) is 9.90. The Morgan fingerprint density at radius 2 is 2.00 bits per heavy atom. The number of hydrogen-bond donors (Lipinski definition) is 1. The second kappa shape index (κ2) is 5.92. The number of benzene rings is 1. The van der Waals surface area contributed by atoms with Gasteiger partial charge in [0.25, 0.3) is 5.91 Å². The third kappa shape index (κ3) is 2.97. The van der Waals surface area contributed by atoms with Crippen LogP contribution >= 0.6 is 0 Å². The van der Waals surface area contributed by atoms with E-state index in [2.05, 4.69) is 15.0 Å². The van der Waals surface area contributed by atoms with E-state index in [1.54, 1.807) is 6.07 Å². The van der Waals surface area contributed by atoms with E-state index < -0.39 is 17.7 Å². The minimum atomic E-state index is -0.641. The van der Waals surface area contributed by atoms with Gasteiger partial charge >= 0.3 is 5.97 Å². The highest BCUT2D eigenvalue weighted by Gasteiger charge is 2.13. The summed E-state index contributed by atoms with van der Waals surface area (Å²) in [6.45, 7) is 0. The molecule has 1 amide bonds. The number of ether oxygens (including phenoxy) is 1. The molecule has 20 heavy (non-hydrogen) atoms. The average Bonchev–Trinajstić information content (AvgIpc) is 2.47. The summed E-state index contributed by atoms with van der Waals surface area (Å²) in [5.74, 6) is -1.68. The lowest BCUT2D eigenvalue weighted by molar-refractivity contribution is 0.0600. The molecule has 0 spiro atoms. The molecule has 0 radical (unpaired) electrons. The van der Waals surface area contributed by atoms with Crippen LogP contribution in [0, 0.1) is 5.82 Å². The highest BCUT2D eigenvalue weighted by Crippen LogP contribution is 2.12. The number of amides is 1. The first-order valence-corrected chi connectivity index (χ1v) is 5.72. The predicted octanol–water partition coefficient (Wildman–Crippen LogP) is 2.26. The summed E-state index contributed by atoms with van der Waals surface area (Å²) >= 11 is 0. The minimum absolute atomic E-state index is 0.0993. The van der Waals surface area contributed by atoms with Crippen molar-refractivity contribution >= 4 is 17.7 Å². The number of aromatic nitrogens is 1. The van der Waals surface area contributed by atoms with E-state index in [9.17, 15) is 14.0 Å². The summed E-state index contributed by atoms with van der Waals surface area (Å²) in [5, 5.41) is 2.42. The summed E-state index contributed by atoms with van der Waals surface area (Å²) in [7, 11) is 1.25. The third-order valence-corrected chi connectivity index (χ3v) is 2.54. The average molecular weight is 274 g/mol. The van der Waals surface area contributed by atoms with Gasteiger partial charge in [0.15, 0.2) is 0 Å². The van der Waals surface area contributed by atoms with Gasteiger partial charge in [0, 0.05) is 6.20 Å². The van der Waals surface area contributed by atoms with Crippen molar-refractivity contribution in [2.45, 2.75) is 0 Å². The van der Waals surface area contributed by atoms with E-state index in [1.165, 1.54) is 43.6 Å². The molecule has 0 atom stereocenters. The molecule has 102 valence electrons. The maximum Gasteiger partial charge on any atom is 0.338 e. The molecule has 0 saturated heterocycles. The Kier molecular flexibility index (Phi) is 4.05. The van der Waals surface area contributed by atoms with Gasteiger partial charge in [0.05, 0.1) is 18.2 Å². The Balaban J connectivity index is 2.20. The molecule has 1 heterocycles. The Hall–Kier alpha value is -2.76. The number of pyridine rings is 1. The van der Waals surface area contributed by atoms with Crippen LogP contribution in [0.5, 0.6) is 0 Å². The summed E-state index contributed by atoms with van der Waals surface area (Å²) in [5.41, 5.74) is 0.143. The Morgan fingerprint density at radius 1 is 1.25 bits per heavy atom. The van der Waals surface area contributed by atoms with E-state index in [1.807, 2.05) is 0 Å². The van der Waals surface area contributed by atoms with Gasteiger partial charge in [-0.1, -0.05) is 12.1 Å². The van der Waals surface area contributed by atoms with Crippen molar-refractivity contribution in [1.82, 2.24) is 4.98 Å². The van der Waals surface area contributed by atoms with Crippen LogP contribution in [0.2, 0.25) is 0 Å². The van der Waals surface area contributed by atoms with Gasteiger partial charge in [-0.15, -0.1) is 0 Å². The molecule has 0 aliphatic carbocycles. The van der Waals surface area contributed by atoms with E-state index >= 15 is 0 Å². The summed E-state index contributed by atoms with van der Waals surface area (Å²) in [4.78, 5) is 27.1. The van der Waals surface area contributed by atoms with Crippen molar-refractivity contribution in [1.29, 1.82) is 0 Å².